The number of aryl methyl sites for hydroxylation is 1. The van der Waals surface area contributed by atoms with Gasteiger partial charge >= 0.3 is 0 Å². The van der Waals surface area contributed by atoms with Gasteiger partial charge in [-0.15, -0.1) is 0 Å². The van der Waals surface area contributed by atoms with Crippen molar-refractivity contribution >= 4 is 0 Å². The maximum Gasteiger partial charge on any atom is 0.198 e. The Morgan fingerprint density at radius 3 is 2.75 bits per heavy atom. The van der Waals surface area contributed by atoms with Crippen molar-refractivity contribution < 1.29 is 4.42 Å². The number of nitrogens with two attached hydrogens (primary N) is 1. The molecule has 0 fully saturated rings. The first kappa shape index (κ1) is 10.9. The Hall–Kier alpha value is -1.61. The fourth-order valence-electron chi connectivity index (χ4n) is 1.60. The van der Waals surface area contributed by atoms with E-state index < -0.39 is 0 Å². The second-order valence-electron chi connectivity index (χ2n) is 3.79. The summed E-state index contributed by atoms with van der Waals surface area (Å²) in [5, 5.41) is 0. The van der Waals surface area contributed by atoms with Gasteiger partial charge in [0.15, 0.2) is 5.89 Å². The molecule has 0 saturated carbocycles. The Labute approximate surface area is 95.3 Å². The van der Waals surface area contributed by atoms with Gasteiger partial charge in [-0.3, -0.25) is 0 Å². The van der Waals surface area contributed by atoms with Gasteiger partial charge in [0, 0.05) is 6.42 Å². The monoisotopic (exact) mass is 216 g/mol. The highest BCUT2D eigenvalue weighted by atomic mass is 16.3. The number of aromatic nitrogens is 1. The van der Waals surface area contributed by atoms with E-state index >= 15 is 0 Å². The standard InChI is InChI=1S/C13H16N2O/c14-8-4-7-12-10-16-13(15-12)9-11-5-2-1-3-6-11/h1-3,5-6,10H,4,7-9,14H2. The van der Waals surface area contributed by atoms with Crippen LogP contribution in [0.3, 0.4) is 0 Å². The average Bonchev–Trinajstić information content (AvgIpc) is 2.75. The molecule has 0 unspecified atom stereocenters. The summed E-state index contributed by atoms with van der Waals surface area (Å²) < 4.78 is 5.41. The van der Waals surface area contributed by atoms with Gasteiger partial charge in [0.25, 0.3) is 0 Å². The van der Waals surface area contributed by atoms with Crippen molar-refractivity contribution in [1.29, 1.82) is 0 Å². The number of nitrogens with zero attached hydrogens (tertiary/aromatic N) is 1. The number of rotatable bonds is 5. The fourth-order valence-corrected chi connectivity index (χ4v) is 1.60. The Balaban J connectivity index is 1.97. The molecule has 1 aromatic heterocycles. The van der Waals surface area contributed by atoms with Crippen molar-refractivity contribution in [2.24, 2.45) is 5.73 Å². The highest BCUT2D eigenvalue weighted by molar-refractivity contribution is 5.18. The second-order valence-corrected chi connectivity index (χ2v) is 3.79. The molecule has 3 nitrogen and oxygen atoms in total. The minimum atomic E-state index is 0.695. The zero-order valence-corrected chi connectivity index (χ0v) is 9.23. The first-order valence-corrected chi connectivity index (χ1v) is 5.56. The van der Waals surface area contributed by atoms with Gasteiger partial charge in [-0.1, -0.05) is 30.3 Å². The molecule has 0 radical (unpaired) electrons. The third-order valence-electron chi connectivity index (χ3n) is 2.43. The number of oxazole rings is 1. The third-order valence-corrected chi connectivity index (χ3v) is 2.43. The number of hydrogen-bond donors (Lipinski definition) is 1. The van der Waals surface area contributed by atoms with E-state index in [0.29, 0.717) is 6.54 Å². The van der Waals surface area contributed by atoms with Crippen LogP contribution in [0.4, 0.5) is 0 Å². The van der Waals surface area contributed by atoms with Gasteiger partial charge in [0.05, 0.1) is 5.69 Å². The van der Waals surface area contributed by atoms with Crippen LogP contribution in [0.25, 0.3) is 0 Å². The molecule has 2 rings (SSSR count). The van der Waals surface area contributed by atoms with E-state index in [0.717, 1.165) is 30.8 Å². The van der Waals surface area contributed by atoms with Gasteiger partial charge in [-0.2, -0.15) is 0 Å². The first-order chi connectivity index (χ1) is 7.88. The van der Waals surface area contributed by atoms with Crippen LogP contribution in [0.1, 0.15) is 23.6 Å². The molecule has 0 bridgehead atoms. The summed E-state index contributed by atoms with van der Waals surface area (Å²) in [4.78, 5) is 4.42. The molecular formula is C13H16N2O. The van der Waals surface area contributed by atoms with Gasteiger partial charge in [-0.25, -0.2) is 4.98 Å². The average molecular weight is 216 g/mol. The van der Waals surface area contributed by atoms with Crippen molar-refractivity contribution in [3.05, 3.63) is 53.7 Å². The van der Waals surface area contributed by atoms with Crippen LogP contribution in [-0.4, -0.2) is 11.5 Å². The highest BCUT2D eigenvalue weighted by Crippen LogP contribution is 2.10. The molecular weight excluding hydrogens is 200 g/mol. The molecule has 0 aliphatic carbocycles. The molecule has 3 heteroatoms. The molecule has 84 valence electrons. The zero-order chi connectivity index (χ0) is 11.2. The van der Waals surface area contributed by atoms with Crippen LogP contribution in [0, 0.1) is 0 Å². The van der Waals surface area contributed by atoms with Gasteiger partial charge in [-0.05, 0) is 24.9 Å². The third kappa shape index (κ3) is 2.94. The van der Waals surface area contributed by atoms with E-state index in [9.17, 15) is 0 Å². The molecule has 1 aromatic carbocycles. The van der Waals surface area contributed by atoms with E-state index in [1.165, 1.54) is 5.56 Å². The van der Waals surface area contributed by atoms with E-state index in [2.05, 4.69) is 17.1 Å². The van der Waals surface area contributed by atoms with E-state index in [1.807, 2.05) is 18.2 Å². The normalized spacial score (nSPS) is 10.6. The molecule has 16 heavy (non-hydrogen) atoms. The Morgan fingerprint density at radius 1 is 1.19 bits per heavy atom. The van der Waals surface area contributed by atoms with Crippen LogP contribution >= 0.6 is 0 Å². The predicted molar refractivity (Wildman–Crippen MR) is 63.1 cm³/mol. The van der Waals surface area contributed by atoms with Crippen molar-refractivity contribution in [2.75, 3.05) is 6.54 Å². The molecule has 0 saturated heterocycles. The second kappa shape index (κ2) is 5.47. The van der Waals surface area contributed by atoms with Crippen LogP contribution in [-0.2, 0) is 12.8 Å². The SMILES string of the molecule is NCCCc1coc(Cc2ccccc2)n1. The summed E-state index contributed by atoms with van der Waals surface area (Å²) in [5.74, 6) is 0.776. The summed E-state index contributed by atoms with van der Waals surface area (Å²) in [6, 6.07) is 10.2. The molecule has 0 atom stereocenters. The summed E-state index contributed by atoms with van der Waals surface area (Å²) in [7, 11) is 0. The van der Waals surface area contributed by atoms with Gasteiger partial charge in [0.2, 0.25) is 0 Å². The lowest BCUT2D eigenvalue weighted by atomic mass is 10.1. The molecule has 0 amide bonds. The summed E-state index contributed by atoms with van der Waals surface area (Å²) in [5.41, 5.74) is 7.66. The van der Waals surface area contributed by atoms with Crippen LogP contribution in [0.5, 0.6) is 0 Å². The van der Waals surface area contributed by atoms with E-state index in [4.69, 9.17) is 10.2 Å². The minimum Gasteiger partial charge on any atom is -0.448 e. The molecule has 2 aromatic rings. The number of hydrogen-bond acceptors (Lipinski definition) is 3. The molecule has 1 heterocycles. The van der Waals surface area contributed by atoms with Crippen molar-refractivity contribution in [3.8, 4) is 0 Å². The maximum absolute atomic E-state index is 5.45. The fraction of sp³-hybridized carbons (Fsp3) is 0.308. The lowest BCUT2D eigenvalue weighted by Gasteiger charge is -1.95. The molecule has 0 aliphatic rings. The lowest BCUT2D eigenvalue weighted by molar-refractivity contribution is 0.506. The topological polar surface area (TPSA) is 52.0 Å². The van der Waals surface area contributed by atoms with Crippen molar-refractivity contribution in [2.45, 2.75) is 19.3 Å². The molecule has 0 aliphatic heterocycles. The van der Waals surface area contributed by atoms with Crippen LogP contribution in [0.2, 0.25) is 0 Å². The molecule has 2 N–H and O–H groups in total. The quantitative estimate of drug-likeness (QED) is 0.833. The van der Waals surface area contributed by atoms with Crippen molar-refractivity contribution in [3.63, 3.8) is 0 Å². The van der Waals surface area contributed by atoms with Gasteiger partial charge < -0.3 is 10.2 Å². The summed E-state index contributed by atoms with van der Waals surface area (Å²) in [6.07, 6.45) is 4.34. The zero-order valence-electron chi connectivity index (χ0n) is 9.23. The molecule has 0 spiro atoms. The summed E-state index contributed by atoms with van der Waals surface area (Å²) in [6.45, 7) is 0.695. The summed E-state index contributed by atoms with van der Waals surface area (Å²) >= 11 is 0. The lowest BCUT2D eigenvalue weighted by Crippen LogP contribution is -2.00. The highest BCUT2D eigenvalue weighted by Gasteiger charge is 2.04. The largest absolute Gasteiger partial charge is 0.448 e. The van der Waals surface area contributed by atoms with E-state index in [1.54, 1.807) is 6.26 Å². The maximum atomic E-state index is 5.45. The Kier molecular flexibility index (Phi) is 3.72. The Morgan fingerprint density at radius 2 is 2.00 bits per heavy atom. The van der Waals surface area contributed by atoms with Crippen molar-refractivity contribution in [1.82, 2.24) is 4.98 Å². The van der Waals surface area contributed by atoms with Gasteiger partial charge in [0.1, 0.15) is 6.26 Å². The number of benzene rings is 1. The smallest absolute Gasteiger partial charge is 0.198 e. The van der Waals surface area contributed by atoms with E-state index in [-0.39, 0.29) is 0 Å². The first-order valence-electron chi connectivity index (χ1n) is 5.56. The Bertz CT molecular complexity index is 423. The predicted octanol–water partition coefficient (Wildman–Crippen LogP) is 2.16. The van der Waals surface area contributed by atoms with Crippen LogP contribution < -0.4 is 5.73 Å². The van der Waals surface area contributed by atoms with Crippen LogP contribution in [0.15, 0.2) is 41.0 Å². The minimum absolute atomic E-state index is 0.695.